The van der Waals surface area contributed by atoms with E-state index in [0.29, 0.717) is 6.61 Å². The van der Waals surface area contributed by atoms with Crippen LogP contribution in [-0.4, -0.2) is 18.6 Å². The molecule has 0 aliphatic carbocycles. The summed E-state index contributed by atoms with van der Waals surface area (Å²) in [6.07, 6.45) is 4.86. The summed E-state index contributed by atoms with van der Waals surface area (Å²) >= 11 is 5.91. The van der Waals surface area contributed by atoms with Gasteiger partial charge in [-0.1, -0.05) is 36.9 Å². The summed E-state index contributed by atoms with van der Waals surface area (Å²) in [6, 6.07) is 7.76. The van der Waals surface area contributed by atoms with E-state index in [-0.39, 0.29) is 0 Å². The van der Waals surface area contributed by atoms with Crippen LogP contribution in [0.25, 0.3) is 0 Å². The molecule has 0 bridgehead atoms. The molecule has 0 aliphatic rings. The summed E-state index contributed by atoms with van der Waals surface area (Å²) in [5.41, 5.74) is 2.20. The quantitative estimate of drug-likeness (QED) is 0.612. The highest BCUT2D eigenvalue weighted by molar-refractivity contribution is 6.30. The second kappa shape index (κ2) is 8.78. The predicted octanol–water partition coefficient (Wildman–Crippen LogP) is 4.62. The molecular formula is C16H22ClNO. The SMILES string of the molecule is C=CN(C)C(=C)CCCCOCc1cccc(Cl)c1. The Morgan fingerprint density at radius 3 is 2.89 bits per heavy atom. The molecule has 0 atom stereocenters. The Morgan fingerprint density at radius 2 is 2.21 bits per heavy atom. The summed E-state index contributed by atoms with van der Waals surface area (Å²) < 4.78 is 5.62. The van der Waals surface area contributed by atoms with Gasteiger partial charge in [-0.05, 0) is 43.2 Å². The summed E-state index contributed by atoms with van der Waals surface area (Å²) in [6.45, 7) is 9.09. The van der Waals surface area contributed by atoms with Gasteiger partial charge in [-0.3, -0.25) is 0 Å². The Bertz CT molecular complexity index is 417. The van der Waals surface area contributed by atoms with Gasteiger partial charge in [0.2, 0.25) is 0 Å². The third-order valence-electron chi connectivity index (χ3n) is 2.93. The standard InChI is InChI=1S/C16H22ClNO/c1-4-18(3)14(2)8-5-6-11-19-13-15-9-7-10-16(17)12-15/h4,7,9-10,12H,1-2,5-6,8,11,13H2,3H3. The van der Waals surface area contributed by atoms with Crippen molar-refractivity contribution in [2.24, 2.45) is 0 Å². The van der Waals surface area contributed by atoms with Crippen LogP contribution in [0.5, 0.6) is 0 Å². The number of nitrogens with zero attached hydrogens (tertiary/aromatic N) is 1. The molecule has 2 nitrogen and oxygen atoms in total. The fourth-order valence-electron chi connectivity index (χ4n) is 1.66. The van der Waals surface area contributed by atoms with E-state index in [0.717, 1.165) is 42.2 Å². The molecule has 1 aromatic rings. The number of benzene rings is 1. The number of hydrogen-bond donors (Lipinski definition) is 0. The van der Waals surface area contributed by atoms with Crippen molar-refractivity contribution in [1.29, 1.82) is 0 Å². The molecule has 0 N–H and O–H groups in total. The van der Waals surface area contributed by atoms with Crippen LogP contribution < -0.4 is 0 Å². The van der Waals surface area contributed by atoms with Crippen molar-refractivity contribution < 1.29 is 4.74 Å². The van der Waals surface area contributed by atoms with Gasteiger partial charge in [0.15, 0.2) is 0 Å². The molecule has 0 amide bonds. The Morgan fingerprint density at radius 1 is 1.42 bits per heavy atom. The van der Waals surface area contributed by atoms with Crippen molar-refractivity contribution in [2.45, 2.75) is 25.9 Å². The normalized spacial score (nSPS) is 10.2. The van der Waals surface area contributed by atoms with E-state index in [2.05, 4.69) is 13.2 Å². The van der Waals surface area contributed by atoms with E-state index in [4.69, 9.17) is 16.3 Å². The van der Waals surface area contributed by atoms with Crippen LogP contribution >= 0.6 is 11.6 Å². The highest BCUT2D eigenvalue weighted by atomic mass is 35.5. The molecule has 19 heavy (non-hydrogen) atoms. The number of ether oxygens (including phenoxy) is 1. The first-order chi connectivity index (χ1) is 9.13. The van der Waals surface area contributed by atoms with E-state index in [9.17, 15) is 0 Å². The first kappa shape index (κ1) is 15.8. The summed E-state index contributed by atoms with van der Waals surface area (Å²) in [5, 5.41) is 0.755. The maximum absolute atomic E-state index is 5.91. The largest absolute Gasteiger partial charge is 0.377 e. The first-order valence-electron chi connectivity index (χ1n) is 6.49. The van der Waals surface area contributed by atoms with Gasteiger partial charge in [0, 0.05) is 24.4 Å². The Balaban J connectivity index is 2.09. The molecular weight excluding hydrogens is 258 g/mol. The van der Waals surface area contributed by atoms with Crippen LogP contribution in [0.2, 0.25) is 5.02 Å². The van der Waals surface area contributed by atoms with Gasteiger partial charge in [0.25, 0.3) is 0 Å². The van der Waals surface area contributed by atoms with Gasteiger partial charge in [0.1, 0.15) is 0 Å². The molecule has 0 heterocycles. The van der Waals surface area contributed by atoms with Crippen molar-refractivity contribution >= 4 is 11.6 Å². The van der Waals surface area contributed by atoms with E-state index in [1.807, 2.05) is 36.2 Å². The van der Waals surface area contributed by atoms with Crippen LogP contribution in [-0.2, 0) is 11.3 Å². The first-order valence-corrected chi connectivity index (χ1v) is 6.86. The second-order valence-electron chi connectivity index (χ2n) is 4.50. The highest BCUT2D eigenvalue weighted by Gasteiger charge is 1.98. The minimum atomic E-state index is 0.619. The predicted molar refractivity (Wildman–Crippen MR) is 82.1 cm³/mol. The molecule has 0 aromatic heterocycles. The van der Waals surface area contributed by atoms with Crippen molar-refractivity contribution in [3.63, 3.8) is 0 Å². The smallest absolute Gasteiger partial charge is 0.0717 e. The third kappa shape index (κ3) is 6.46. The van der Waals surface area contributed by atoms with Gasteiger partial charge in [0.05, 0.1) is 6.61 Å². The number of halogens is 1. The third-order valence-corrected chi connectivity index (χ3v) is 3.17. The molecule has 0 spiro atoms. The van der Waals surface area contributed by atoms with Crippen LogP contribution in [0.4, 0.5) is 0 Å². The topological polar surface area (TPSA) is 12.5 Å². The van der Waals surface area contributed by atoms with Gasteiger partial charge in [-0.2, -0.15) is 0 Å². The second-order valence-corrected chi connectivity index (χ2v) is 4.94. The number of rotatable bonds is 9. The van der Waals surface area contributed by atoms with Crippen molar-refractivity contribution in [2.75, 3.05) is 13.7 Å². The molecule has 104 valence electrons. The van der Waals surface area contributed by atoms with Crippen molar-refractivity contribution in [3.05, 3.63) is 59.9 Å². The summed E-state index contributed by atoms with van der Waals surface area (Å²) in [5.74, 6) is 0. The molecule has 0 fully saturated rings. The van der Waals surface area contributed by atoms with Crippen LogP contribution in [0, 0.1) is 0 Å². The maximum atomic E-state index is 5.91. The molecule has 0 aliphatic heterocycles. The van der Waals surface area contributed by atoms with Gasteiger partial charge < -0.3 is 9.64 Å². The molecule has 0 saturated heterocycles. The number of hydrogen-bond acceptors (Lipinski definition) is 2. The summed E-state index contributed by atoms with van der Waals surface area (Å²) in [7, 11) is 1.96. The molecule has 1 aromatic carbocycles. The maximum Gasteiger partial charge on any atom is 0.0717 e. The minimum absolute atomic E-state index is 0.619. The Kier molecular flexibility index (Phi) is 7.31. The van der Waals surface area contributed by atoms with Crippen molar-refractivity contribution in [1.82, 2.24) is 4.90 Å². The zero-order chi connectivity index (χ0) is 14.1. The van der Waals surface area contributed by atoms with Crippen LogP contribution in [0.1, 0.15) is 24.8 Å². The highest BCUT2D eigenvalue weighted by Crippen LogP contribution is 2.12. The lowest BCUT2D eigenvalue weighted by molar-refractivity contribution is 0.117. The van der Waals surface area contributed by atoms with Crippen LogP contribution in [0.15, 0.2) is 49.3 Å². The van der Waals surface area contributed by atoms with Gasteiger partial charge in [-0.15, -0.1) is 0 Å². The van der Waals surface area contributed by atoms with Crippen LogP contribution in [0.3, 0.4) is 0 Å². The molecule has 1 rings (SSSR count). The van der Waals surface area contributed by atoms with Gasteiger partial charge >= 0.3 is 0 Å². The van der Waals surface area contributed by atoms with E-state index < -0.39 is 0 Å². The Hall–Kier alpha value is -1.25. The Labute approximate surface area is 121 Å². The number of unbranched alkanes of at least 4 members (excludes halogenated alkanes) is 1. The van der Waals surface area contributed by atoms with E-state index in [1.54, 1.807) is 6.20 Å². The molecule has 0 radical (unpaired) electrons. The lowest BCUT2D eigenvalue weighted by atomic mass is 10.2. The van der Waals surface area contributed by atoms with Gasteiger partial charge in [-0.25, -0.2) is 0 Å². The fourth-order valence-corrected chi connectivity index (χ4v) is 1.87. The zero-order valence-corrected chi connectivity index (χ0v) is 12.3. The summed E-state index contributed by atoms with van der Waals surface area (Å²) in [4.78, 5) is 1.95. The number of allylic oxidation sites excluding steroid dienone is 1. The van der Waals surface area contributed by atoms with E-state index >= 15 is 0 Å². The zero-order valence-electron chi connectivity index (χ0n) is 11.6. The molecule has 0 saturated carbocycles. The minimum Gasteiger partial charge on any atom is -0.377 e. The monoisotopic (exact) mass is 279 g/mol. The average Bonchev–Trinajstić information content (AvgIpc) is 2.41. The molecule has 3 heteroatoms. The lowest BCUT2D eigenvalue weighted by Crippen LogP contribution is -2.08. The van der Waals surface area contributed by atoms with Crippen molar-refractivity contribution in [3.8, 4) is 0 Å². The molecule has 0 unspecified atom stereocenters. The van der Waals surface area contributed by atoms with E-state index in [1.165, 1.54) is 0 Å². The fraction of sp³-hybridized carbons (Fsp3) is 0.375. The average molecular weight is 280 g/mol. The lowest BCUT2D eigenvalue weighted by Gasteiger charge is -2.16.